The van der Waals surface area contributed by atoms with Crippen LogP contribution in [0, 0.1) is 0 Å². The van der Waals surface area contributed by atoms with E-state index in [9.17, 15) is 15.3 Å². The van der Waals surface area contributed by atoms with Crippen molar-refractivity contribution in [1.82, 2.24) is 24.5 Å². The molecule has 5 rings (SSSR count). The van der Waals surface area contributed by atoms with Crippen molar-refractivity contribution in [3.63, 3.8) is 0 Å². The van der Waals surface area contributed by atoms with E-state index < -0.39 is 31.1 Å². The van der Waals surface area contributed by atoms with Crippen LogP contribution >= 0.6 is 0 Å². The lowest BCUT2D eigenvalue weighted by Gasteiger charge is -2.18. The van der Waals surface area contributed by atoms with E-state index in [-0.39, 0.29) is 22.9 Å². The normalized spacial score (nSPS) is 23.5. The maximum Gasteiger partial charge on any atom is 0.228 e. The molecule has 1 aliphatic heterocycles. The predicted octanol–water partition coefficient (Wildman–Crippen LogP) is 0.0142. The highest BCUT2D eigenvalue weighted by Gasteiger charge is 2.45. The van der Waals surface area contributed by atoms with Crippen LogP contribution < -0.4 is 11.2 Å². The van der Waals surface area contributed by atoms with Gasteiger partial charge >= 0.3 is 0 Å². The van der Waals surface area contributed by atoms with Gasteiger partial charge in [-0.05, 0) is 12.1 Å². The first-order chi connectivity index (χ1) is 15.6. The van der Waals surface area contributed by atoms with Crippen LogP contribution in [0.3, 0.4) is 0 Å². The maximum absolute atomic E-state index is 10.5. The van der Waals surface area contributed by atoms with Gasteiger partial charge in [0.2, 0.25) is 5.95 Å². The van der Waals surface area contributed by atoms with Gasteiger partial charge in [0.1, 0.15) is 24.6 Å². The number of imidazole rings is 1. The van der Waals surface area contributed by atoms with Crippen LogP contribution in [0.5, 0.6) is 0 Å². The highest BCUT2D eigenvalue weighted by atomic mass is 16.6. The van der Waals surface area contributed by atoms with Gasteiger partial charge in [-0.2, -0.15) is 5.10 Å². The third kappa shape index (κ3) is 3.31. The fraction of sp³-hybridized carbons (Fsp3) is 0.250. The van der Waals surface area contributed by atoms with Crippen LogP contribution in [0.25, 0.3) is 22.1 Å². The number of nitrogens with two attached hydrogens (primary N) is 1. The third-order valence-electron chi connectivity index (χ3n) is 5.33. The Balaban J connectivity index is 1.53. The summed E-state index contributed by atoms with van der Waals surface area (Å²) in [5.74, 6) is 0.296. The number of pyridine rings is 1. The summed E-state index contributed by atoms with van der Waals surface area (Å²) in [4.78, 5) is 16.9. The number of nitrogen functional groups attached to an aromatic ring is 1. The van der Waals surface area contributed by atoms with Gasteiger partial charge in [0.05, 0.1) is 18.3 Å². The minimum atomic E-state index is -1.34. The minimum absolute atomic E-state index is 0.132. The minimum Gasteiger partial charge on any atom is -0.394 e. The van der Waals surface area contributed by atoms with Gasteiger partial charge in [-0.1, -0.05) is 18.2 Å². The predicted molar refractivity (Wildman–Crippen MR) is 116 cm³/mol. The molecule has 0 amide bonds. The van der Waals surface area contributed by atoms with Crippen molar-refractivity contribution in [2.24, 2.45) is 5.10 Å². The summed E-state index contributed by atoms with van der Waals surface area (Å²) in [6.07, 6.45) is -0.121. The lowest BCUT2D eigenvalue weighted by atomic mass is 10.1. The molecule has 1 aliphatic rings. The zero-order valence-electron chi connectivity index (χ0n) is 16.6. The van der Waals surface area contributed by atoms with Crippen molar-refractivity contribution in [2.75, 3.05) is 17.8 Å². The Labute approximate surface area is 181 Å². The van der Waals surface area contributed by atoms with Gasteiger partial charge in [-0.25, -0.2) is 20.4 Å². The van der Waals surface area contributed by atoms with Gasteiger partial charge in [-0.3, -0.25) is 9.55 Å². The average molecular weight is 436 g/mol. The second kappa shape index (κ2) is 8.09. The highest BCUT2D eigenvalue weighted by Crippen LogP contribution is 2.35. The summed E-state index contributed by atoms with van der Waals surface area (Å²) in [6.45, 7) is -0.464. The lowest BCUT2D eigenvalue weighted by Crippen LogP contribution is -2.33. The van der Waals surface area contributed by atoms with Gasteiger partial charge in [-0.15, -0.1) is 0 Å². The van der Waals surface area contributed by atoms with Crippen LogP contribution in [0.4, 0.5) is 11.8 Å². The molecule has 0 bridgehead atoms. The Morgan fingerprint density at radius 3 is 2.81 bits per heavy atom. The quantitative estimate of drug-likeness (QED) is 0.212. The Morgan fingerprint density at radius 1 is 1.16 bits per heavy atom. The topological polar surface area (TPSA) is 177 Å². The van der Waals surface area contributed by atoms with Gasteiger partial charge in [0.15, 0.2) is 23.2 Å². The Kier molecular flexibility index (Phi) is 5.11. The number of nitrogens with zero attached hydrogens (tertiary/aromatic N) is 6. The number of fused-ring (bicyclic) bond motifs is 2. The van der Waals surface area contributed by atoms with Crippen LogP contribution in [-0.2, 0) is 4.74 Å². The smallest absolute Gasteiger partial charge is 0.228 e. The van der Waals surface area contributed by atoms with E-state index >= 15 is 0 Å². The number of aliphatic hydroxyl groups excluding tert-OH is 3. The third-order valence-corrected chi connectivity index (χ3v) is 5.33. The second-order valence-corrected chi connectivity index (χ2v) is 7.25. The standard InChI is InChI=1S/C20H20N8O4/c21-17-14-18(24-9-23-17)28(19-16(31)15(30)13(8-29)32-19)20(26-14)27-25-7-10-5-6-22-12-4-2-1-3-11(10)12/h1-7,9,13,15-16,19,29-31H,8H2,(H,26,27)(H2,21,23,24)/b25-7+/t13-,15-,16-,19-/m1/s1. The fourth-order valence-electron chi connectivity index (χ4n) is 3.73. The summed E-state index contributed by atoms with van der Waals surface area (Å²) in [6, 6.07) is 9.49. The number of aliphatic hydroxyl groups is 3. The van der Waals surface area contributed by atoms with E-state index in [0.29, 0.717) is 0 Å². The molecule has 1 aromatic carbocycles. The summed E-state index contributed by atoms with van der Waals surface area (Å²) in [5.41, 5.74) is 11.0. The number of ether oxygens (including phenoxy) is 1. The van der Waals surface area contributed by atoms with Crippen molar-refractivity contribution in [2.45, 2.75) is 24.5 Å². The molecular formula is C20H20N8O4. The largest absolute Gasteiger partial charge is 0.394 e. The molecule has 0 unspecified atom stereocenters. The van der Waals surface area contributed by atoms with Crippen LogP contribution in [0.15, 0.2) is 48.0 Å². The molecule has 0 radical (unpaired) electrons. The van der Waals surface area contributed by atoms with Gasteiger partial charge in [0.25, 0.3) is 0 Å². The molecule has 0 saturated carbocycles. The maximum atomic E-state index is 10.5. The van der Waals surface area contributed by atoms with Crippen molar-refractivity contribution in [3.05, 3.63) is 48.4 Å². The first kappa shape index (κ1) is 20.2. The molecule has 164 valence electrons. The molecule has 32 heavy (non-hydrogen) atoms. The van der Waals surface area contributed by atoms with Crippen LogP contribution in [-0.4, -0.2) is 71.0 Å². The van der Waals surface area contributed by atoms with Gasteiger partial charge < -0.3 is 25.8 Å². The number of benzene rings is 1. The lowest BCUT2D eigenvalue weighted by molar-refractivity contribution is -0.0501. The summed E-state index contributed by atoms with van der Waals surface area (Å²) < 4.78 is 7.09. The Bertz CT molecular complexity index is 1300. The van der Waals surface area contributed by atoms with E-state index in [4.69, 9.17) is 10.5 Å². The molecule has 4 heterocycles. The number of hydrazone groups is 1. The summed E-state index contributed by atoms with van der Waals surface area (Å²) in [7, 11) is 0. The van der Waals surface area contributed by atoms with Gasteiger partial charge in [0, 0.05) is 17.1 Å². The Morgan fingerprint density at radius 2 is 2.00 bits per heavy atom. The molecule has 12 nitrogen and oxygen atoms in total. The SMILES string of the molecule is Nc1ncnc2c1nc(N/N=C/c1ccnc3ccccc13)n2[C@@H]1O[C@H](CO)[C@@H](O)[C@H]1O. The zero-order chi connectivity index (χ0) is 22.2. The van der Waals surface area contributed by atoms with Crippen molar-refractivity contribution in [1.29, 1.82) is 0 Å². The summed E-state index contributed by atoms with van der Waals surface area (Å²) >= 11 is 0. The number of aromatic nitrogens is 5. The zero-order valence-corrected chi connectivity index (χ0v) is 16.6. The summed E-state index contributed by atoms with van der Waals surface area (Å²) in [5, 5.41) is 35.4. The van der Waals surface area contributed by atoms with Crippen molar-refractivity contribution >= 4 is 40.0 Å². The molecule has 4 aromatic rings. The van der Waals surface area contributed by atoms with E-state index in [1.54, 1.807) is 12.4 Å². The van der Waals surface area contributed by atoms with E-state index in [2.05, 4.69) is 30.5 Å². The van der Waals surface area contributed by atoms with E-state index in [1.807, 2.05) is 30.3 Å². The first-order valence-electron chi connectivity index (χ1n) is 9.82. The Hall–Kier alpha value is -3.71. The molecule has 0 spiro atoms. The highest BCUT2D eigenvalue weighted by molar-refractivity contribution is 5.98. The van der Waals surface area contributed by atoms with Crippen LogP contribution in [0.1, 0.15) is 11.8 Å². The average Bonchev–Trinajstić information content (AvgIpc) is 3.31. The molecule has 6 N–H and O–H groups in total. The molecule has 0 aliphatic carbocycles. The van der Waals surface area contributed by atoms with Crippen molar-refractivity contribution in [3.8, 4) is 0 Å². The van der Waals surface area contributed by atoms with Crippen molar-refractivity contribution < 1.29 is 20.1 Å². The van der Waals surface area contributed by atoms with E-state index in [1.165, 1.54) is 10.9 Å². The number of anilines is 2. The number of hydrogen-bond acceptors (Lipinski definition) is 11. The number of nitrogens with one attached hydrogen (secondary N) is 1. The molecule has 1 saturated heterocycles. The molecular weight excluding hydrogens is 416 g/mol. The first-order valence-corrected chi connectivity index (χ1v) is 9.82. The monoisotopic (exact) mass is 436 g/mol. The molecule has 12 heteroatoms. The molecule has 1 fully saturated rings. The van der Waals surface area contributed by atoms with E-state index in [0.717, 1.165) is 16.5 Å². The van der Waals surface area contributed by atoms with Crippen LogP contribution in [0.2, 0.25) is 0 Å². The second-order valence-electron chi connectivity index (χ2n) is 7.25. The molecule has 3 aromatic heterocycles. The molecule has 4 atom stereocenters. The number of para-hydroxylation sites is 1. The number of hydrogen-bond donors (Lipinski definition) is 5. The fourth-order valence-corrected chi connectivity index (χ4v) is 3.73. The number of rotatable bonds is 5.